The Balaban J connectivity index is 2.18. The number of nitrogens with one attached hydrogen (secondary N) is 1. The number of halogens is 1. The van der Waals surface area contributed by atoms with E-state index in [2.05, 4.69) is 35.5 Å². The van der Waals surface area contributed by atoms with E-state index in [1.165, 1.54) is 5.56 Å². The summed E-state index contributed by atoms with van der Waals surface area (Å²) in [6.07, 6.45) is 0. The minimum Gasteiger partial charge on any atom is -0.383 e. The quantitative estimate of drug-likeness (QED) is 0.787. The molecule has 21 heavy (non-hydrogen) atoms. The van der Waals surface area contributed by atoms with Crippen LogP contribution in [-0.2, 0) is 11.3 Å². The van der Waals surface area contributed by atoms with Gasteiger partial charge in [0.2, 0.25) is 0 Å². The zero-order chi connectivity index (χ0) is 15.1. The van der Waals surface area contributed by atoms with Crippen LogP contribution in [-0.4, -0.2) is 27.3 Å². The van der Waals surface area contributed by atoms with Gasteiger partial charge in [0.1, 0.15) is 0 Å². The predicted molar refractivity (Wildman–Crippen MR) is 89.5 cm³/mol. The standard InChI is InChI=1S/C17H21ClN2O/c1-20(16-6-4-3-5-7-16)17-9-8-15(18)12-14(17)13-19-10-11-21-2/h3-9,12,19H,10-11,13H2,1-2H3. The topological polar surface area (TPSA) is 24.5 Å². The van der Waals surface area contributed by atoms with E-state index in [1.54, 1.807) is 7.11 Å². The fraction of sp³-hybridized carbons (Fsp3) is 0.294. The van der Waals surface area contributed by atoms with Gasteiger partial charge in [0.15, 0.2) is 0 Å². The van der Waals surface area contributed by atoms with Crippen molar-refractivity contribution in [2.24, 2.45) is 0 Å². The van der Waals surface area contributed by atoms with Crippen molar-refractivity contribution < 1.29 is 4.74 Å². The molecule has 0 fully saturated rings. The van der Waals surface area contributed by atoms with Crippen LogP contribution in [0.15, 0.2) is 48.5 Å². The van der Waals surface area contributed by atoms with Gasteiger partial charge in [-0.2, -0.15) is 0 Å². The van der Waals surface area contributed by atoms with Crippen LogP contribution in [0.3, 0.4) is 0 Å². The Bertz CT molecular complexity index is 560. The fourth-order valence-electron chi connectivity index (χ4n) is 2.21. The summed E-state index contributed by atoms with van der Waals surface area (Å²) in [4.78, 5) is 2.17. The predicted octanol–water partition coefficient (Wildman–Crippen LogP) is 3.84. The fourth-order valence-corrected chi connectivity index (χ4v) is 2.41. The van der Waals surface area contributed by atoms with Crippen molar-refractivity contribution in [3.63, 3.8) is 0 Å². The number of anilines is 2. The second-order valence-electron chi connectivity index (χ2n) is 4.84. The zero-order valence-corrected chi connectivity index (χ0v) is 13.2. The number of para-hydroxylation sites is 1. The van der Waals surface area contributed by atoms with Crippen molar-refractivity contribution >= 4 is 23.0 Å². The molecule has 112 valence electrons. The highest BCUT2D eigenvalue weighted by Gasteiger charge is 2.09. The molecule has 0 aliphatic rings. The molecule has 0 saturated heterocycles. The molecule has 0 aliphatic carbocycles. The number of methoxy groups -OCH3 is 1. The molecule has 0 aliphatic heterocycles. The average Bonchev–Trinajstić information content (AvgIpc) is 2.52. The van der Waals surface area contributed by atoms with Crippen LogP contribution in [0.25, 0.3) is 0 Å². The Morgan fingerprint density at radius 2 is 1.90 bits per heavy atom. The molecule has 1 N–H and O–H groups in total. The maximum atomic E-state index is 6.14. The zero-order valence-electron chi connectivity index (χ0n) is 12.5. The summed E-state index contributed by atoms with van der Waals surface area (Å²) in [5.41, 5.74) is 3.47. The van der Waals surface area contributed by atoms with E-state index in [0.29, 0.717) is 6.61 Å². The molecule has 3 nitrogen and oxygen atoms in total. The van der Waals surface area contributed by atoms with Crippen molar-refractivity contribution in [1.29, 1.82) is 0 Å². The van der Waals surface area contributed by atoms with Crippen molar-refractivity contribution in [3.8, 4) is 0 Å². The Hall–Kier alpha value is -1.55. The number of rotatable bonds is 7. The van der Waals surface area contributed by atoms with Crippen LogP contribution in [0, 0.1) is 0 Å². The van der Waals surface area contributed by atoms with E-state index in [0.717, 1.165) is 29.5 Å². The van der Waals surface area contributed by atoms with Gasteiger partial charge in [0, 0.05) is 43.6 Å². The summed E-state index contributed by atoms with van der Waals surface area (Å²) >= 11 is 6.14. The molecule has 0 aromatic heterocycles. The van der Waals surface area contributed by atoms with Crippen molar-refractivity contribution in [3.05, 3.63) is 59.1 Å². The third-order valence-electron chi connectivity index (χ3n) is 3.34. The van der Waals surface area contributed by atoms with E-state index in [9.17, 15) is 0 Å². The molecule has 0 heterocycles. The number of benzene rings is 2. The molecule has 2 rings (SSSR count). The van der Waals surface area contributed by atoms with Gasteiger partial charge in [-0.25, -0.2) is 0 Å². The highest BCUT2D eigenvalue weighted by atomic mass is 35.5. The molecule has 2 aromatic rings. The average molecular weight is 305 g/mol. The van der Waals surface area contributed by atoms with Crippen LogP contribution in [0.5, 0.6) is 0 Å². The van der Waals surface area contributed by atoms with Gasteiger partial charge in [-0.05, 0) is 35.9 Å². The molecule has 0 amide bonds. The van der Waals surface area contributed by atoms with Gasteiger partial charge >= 0.3 is 0 Å². The Kier molecular flexibility index (Phi) is 6.05. The van der Waals surface area contributed by atoms with E-state index in [1.807, 2.05) is 30.3 Å². The molecule has 2 aromatic carbocycles. The molecule has 0 unspecified atom stereocenters. The van der Waals surface area contributed by atoms with Crippen molar-refractivity contribution in [1.82, 2.24) is 5.32 Å². The lowest BCUT2D eigenvalue weighted by atomic mass is 10.1. The van der Waals surface area contributed by atoms with Crippen LogP contribution in [0.2, 0.25) is 5.02 Å². The molecule has 0 saturated carbocycles. The largest absolute Gasteiger partial charge is 0.383 e. The number of nitrogens with zero attached hydrogens (tertiary/aromatic N) is 1. The summed E-state index contributed by atoms with van der Waals surface area (Å²) in [5, 5.41) is 4.12. The van der Waals surface area contributed by atoms with Crippen molar-refractivity contribution in [2.75, 3.05) is 32.2 Å². The number of hydrogen-bond acceptors (Lipinski definition) is 3. The van der Waals surface area contributed by atoms with Crippen LogP contribution in [0.1, 0.15) is 5.56 Å². The summed E-state index contributed by atoms with van der Waals surface area (Å²) in [7, 11) is 3.77. The lowest BCUT2D eigenvalue weighted by molar-refractivity contribution is 0.199. The summed E-state index contributed by atoms with van der Waals surface area (Å²) in [6, 6.07) is 16.3. The highest BCUT2D eigenvalue weighted by molar-refractivity contribution is 6.30. The SMILES string of the molecule is COCCNCc1cc(Cl)ccc1N(C)c1ccccc1. The Labute approximate surface area is 131 Å². The first kappa shape index (κ1) is 15.8. The molecule has 4 heteroatoms. The van der Waals surface area contributed by atoms with Crippen LogP contribution in [0.4, 0.5) is 11.4 Å². The number of hydrogen-bond donors (Lipinski definition) is 1. The van der Waals surface area contributed by atoms with Crippen LogP contribution >= 0.6 is 11.6 Å². The first-order chi connectivity index (χ1) is 10.2. The molecule has 0 spiro atoms. The van der Waals surface area contributed by atoms with Crippen molar-refractivity contribution in [2.45, 2.75) is 6.54 Å². The Morgan fingerprint density at radius 3 is 2.62 bits per heavy atom. The normalized spacial score (nSPS) is 10.6. The van der Waals surface area contributed by atoms with E-state index >= 15 is 0 Å². The third-order valence-corrected chi connectivity index (χ3v) is 3.58. The van der Waals surface area contributed by atoms with Crippen LogP contribution < -0.4 is 10.2 Å². The second kappa shape index (κ2) is 8.03. The summed E-state index contributed by atoms with van der Waals surface area (Å²) in [5.74, 6) is 0. The van der Waals surface area contributed by atoms with Gasteiger partial charge in [-0.3, -0.25) is 0 Å². The third kappa shape index (κ3) is 4.46. The first-order valence-corrected chi connectivity index (χ1v) is 7.37. The van der Waals surface area contributed by atoms with E-state index < -0.39 is 0 Å². The Morgan fingerprint density at radius 1 is 1.14 bits per heavy atom. The number of ether oxygens (including phenoxy) is 1. The lowest BCUT2D eigenvalue weighted by Crippen LogP contribution is -2.20. The maximum Gasteiger partial charge on any atom is 0.0587 e. The first-order valence-electron chi connectivity index (χ1n) is 6.99. The second-order valence-corrected chi connectivity index (χ2v) is 5.27. The smallest absolute Gasteiger partial charge is 0.0587 e. The molecular weight excluding hydrogens is 284 g/mol. The molecule has 0 atom stereocenters. The van der Waals surface area contributed by atoms with E-state index in [-0.39, 0.29) is 0 Å². The van der Waals surface area contributed by atoms with Gasteiger partial charge in [-0.15, -0.1) is 0 Å². The molecule has 0 bridgehead atoms. The molecular formula is C17H21ClN2O. The van der Waals surface area contributed by atoms with Gasteiger partial charge in [0.25, 0.3) is 0 Å². The molecule has 0 radical (unpaired) electrons. The van der Waals surface area contributed by atoms with Gasteiger partial charge in [0.05, 0.1) is 6.61 Å². The van der Waals surface area contributed by atoms with E-state index in [4.69, 9.17) is 16.3 Å². The summed E-state index contributed by atoms with van der Waals surface area (Å²) < 4.78 is 5.05. The van der Waals surface area contributed by atoms with Gasteiger partial charge < -0.3 is 15.0 Å². The lowest BCUT2D eigenvalue weighted by Gasteiger charge is -2.23. The highest BCUT2D eigenvalue weighted by Crippen LogP contribution is 2.29. The monoisotopic (exact) mass is 304 g/mol. The minimum atomic E-state index is 0.699. The maximum absolute atomic E-state index is 6.14. The summed E-state index contributed by atoms with van der Waals surface area (Å²) in [6.45, 7) is 2.28. The van der Waals surface area contributed by atoms with Gasteiger partial charge in [-0.1, -0.05) is 29.8 Å². The minimum absolute atomic E-state index is 0.699.